The van der Waals surface area contributed by atoms with Crippen LogP contribution in [0.4, 0.5) is 0 Å². The van der Waals surface area contributed by atoms with Gasteiger partial charge < -0.3 is 0 Å². The van der Waals surface area contributed by atoms with Gasteiger partial charge in [0, 0.05) is 12.8 Å². The molecule has 0 unspecified atom stereocenters. The second kappa shape index (κ2) is 8.26. The van der Waals surface area contributed by atoms with E-state index in [0.717, 1.165) is 25.7 Å². The lowest BCUT2D eigenvalue weighted by Crippen LogP contribution is -1.98. The normalized spacial score (nSPS) is 16.9. The number of hydrogen-bond acceptors (Lipinski definition) is 4. The maximum Gasteiger partial charge on any atom is 0.150 e. The molecule has 1 heterocycles. The summed E-state index contributed by atoms with van der Waals surface area (Å²) >= 11 is 0. The van der Waals surface area contributed by atoms with Gasteiger partial charge in [-0.05, 0) is 25.7 Å². The highest BCUT2D eigenvalue weighted by Gasteiger charge is 2.16. The summed E-state index contributed by atoms with van der Waals surface area (Å²) in [6.45, 7) is 0. The highest BCUT2D eigenvalue weighted by Crippen LogP contribution is 2.08. The Labute approximate surface area is 91.4 Å². The summed E-state index contributed by atoms with van der Waals surface area (Å²) in [5, 5.41) is 16.1. The molecule has 1 fully saturated rings. The molecule has 5 heteroatoms. The number of unbranched alkanes of at least 4 members (excludes halogenated alkanes) is 3. The van der Waals surface area contributed by atoms with Crippen molar-refractivity contribution in [1.29, 1.82) is 10.5 Å². The molecule has 1 saturated heterocycles. The molecular formula is C10H16N2O2S. The molecule has 84 valence electrons. The van der Waals surface area contributed by atoms with Crippen LogP contribution in [0.15, 0.2) is 0 Å². The van der Waals surface area contributed by atoms with Gasteiger partial charge in [0.15, 0.2) is 0 Å². The fraction of sp³-hybridized carbons (Fsp3) is 0.800. The lowest BCUT2D eigenvalue weighted by Gasteiger charge is -1.83. The predicted molar refractivity (Wildman–Crippen MR) is 57.6 cm³/mol. The maximum atomic E-state index is 10.4. The van der Waals surface area contributed by atoms with Crippen molar-refractivity contribution in [2.75, 3.05) is 11.5 Å². The Kier molecular flexibility index (Phi) is 7.67. The van der Waals surface area contributed by atoms with Gasteiger partial charge in [0.05, 0.1) is 23.6 Å². The zero-order chi connectivity index (χ0) is 11.6. The smallest absolute Gasteiger partial charge is 0.150 e. The summed E-state index contributed by atoms with van der Waals surface area (Å²) in [5.74, 6) is 0.847. The Bertz CT molecular complexity index is 307. The van der Waals surface area contributed by atoms with E-state index in [0.29, 0.717) is 24.3 Å². The largest absolute Gasteiger partial charge is 0.229 e. The Hall–Kier alpha value is -1.07. The lowest BCUT2D eigenvalue weighted by molar-refractivity contribution is 0.602. The molecule has 0 aromatic rings. The van der Waals surface area contributed by atoms with Crippen LogP contribution in [-0.4, -0.2) is 19.9 Å². The van der Waals surface area contributed by atoms with E-state index in [1.165, 1.54) is 0 Å². The van der Waals surface area contributed by atoms with Crippen molar-refractivity contribution in [2.45, 2.75) is 38.5 Å². The zero-order valence-electron chi connectivity index (χ0n) is 8.78. The van der Waals surface area contributed by atoms with Crippen LogP contribution in [0.5, 0.6) is 0 Å². The molecule has 0 aliphatic carbocycles. The van der Waals surface area contributed by atoms with Gasteiger partial charge in [0.25, 0.3) is 0 Å². The van der Waals surface area contributed by atoms with E-state index in [-0.39, 0.29) is 0 Å². The van der Waals surface area contributed by atoms with E-state index in [4.69, 9.17) is 10.5 Å². The second-order valence-corrected chi connectivity index (χ2v) is 5.69. The summed E-state index contributed by atoms with van der Waals surface area (Å²) in [6.07, 6.45) is 4.65. The SMILES string of the molecule is N#CCCCCC#N.O=S1(=O)CCCC1. The quantitative estimate of drug-likeness (QED) is 0.689. The average molecular weight is 228 g/mol. The molecule has 4 nitrogen and oxygen atoms in total. The fourth-order valence-electron chi connectivity index (χ4n) is 1.15. The Morgan fingerprint density at radius 3 is 1.53 bits per heavy atom. The van der Waals surface area contributed by atoms with Gasteiger partial charge in [-0.1, -0.05) is 0 Å². The Morgan fingerprint density at radius 1 is 0.933 bits per heavy atom. The predicted octanol–water partition coefficient (Wildman–Crippen LogP) is 1.79. The molecule has 0 radical (unpaired) electrons. The summed E-state index contributed by atoms with van der Waals surface area (Å²) in [4.78, 5) is 0. The summed E-state index contributed by atoms with van der Waals surface area (Å²) in [7, 11) is -2.55. The van der Waals surface area contributed by atoms with Crippen molar-refractivity contribution < 1.29 is 8.42 Å². The Balaban J connectivity index is 0.000000262. The molecule has 1 rings (SSSR count). The summed E-state index contributed by atoms with van der Waals surface area (Å²) < 4.78 is 20.9. The third-order valence-electron chi connectivity index (χ3n) is 1.99. The van der Waals surface area contributed by atoms with Gasteiger partial charge in [-0.25, -0.2) is 8.42 Å². The van der Waals surface area contributed by atoms with Crippen LogP contribution in [-0.2, 0) is 9.84 Å². The first-order valence-corrected chi connectivity index (χ1v) is 6.89. The van der Waals surface area contributed by atoms with Gasteiger partial charge in [-0.3, -0.25) is 0 Å². The molecule has 1 aliphatic heterocycles. The molecule has 0 aromatic carbocycles. The summed E-state index contributed by atoms with van der Waals surface area (Å²) in [6, 6.07) is 4.03. The summed E-state index contributed by atoms with van der Waals surface area (Å²) in [5.41, 5.74) is 0. The Morgan fingerprint density at radius 2 is 1.33 bits per heavy atom. The first-order valence-electron chi connectivity index (χ1n) is 5.07. The zero-order valence-corrected chi connectivity index (χ0v) is 9.59. The molecule has 15 heavy (non-hydrogen) atoms. The minimum Gasteiger partial charge on any atom is -0.229 e. The fourth-order valence-corrected chi connectivity index (χ4v) is 2.65. The molecule has 0 spiro atoms. The van der Waals surface area contributed by atoms with E-state index in [1.807, 2.05) is 12.1 Å². The molecule has 0 amide bonds. The molecule has 0 atom stereocenters. The van der Waals surface area contributed by atoms with Gasteiger partial charge in [0.2, 0.25) is 0 Å². The lowest BCUT2D eigenvalue weighted by atomic mass is 10.2. The van der Waals surface area contributed by atoms with Crippen LogP contribution in [0.1, 0.15) is 38.5 Å². The van der Waals surface area contributed by atoms with Crippen molar-refractivity contribution in [3.8, 4) is 12.1 Å². The average Bonchev–Trinajstić information content (AvgIpc) is 2.59. The number of nitriles is 2. The number of hydrogen-bond donors (Lipinski definition) is 0. The first kappa shape index (κ1) is 13.9. The van der Waals surface area contributed by atoms with Crippen molar-refractivity contribution in [3.63, 3.8) is 0 Å². The van der Waals surface area contributed by atoms with Crippen LogP contribution < -0.4 is 0 Å². The minimum atomic E-state index is -2.55. The third kappa shape index (κ3) is 9.24. The highest BCUT2D eigenvalue weighted by molar-refractivity contribution is 7.91. The number of rotatable bonds is 3. The van der Waals surface area contributed by atoms with Crippen LogP contribution in [0.3, 0.4) is 0 Å². The maximum absolute atomic E-state index is 10.4. The third-order valence-corrected chi connectivity index (χ3v) is 3.81. The van der Waals surface area contributed by atoms with Gasteiger partial charge in [-0.2, -0.15) is 10.5 Å². The molecular weight excluding hydrogens is 212 g/mol. The number of nitrogens with zero attached hydrogens (tertiary/aromatic N) is 2. The van der Waals surface area contributed by atoms with Crippen molar-refractivity contribution in [1.82, 2.24) is 0 Å². The monoisotopic (exact) mass is 228 g/mol. The topological polar surface area (TPSA) is 81.7 Å². The second-order valence-electron chi connectivity index (χ2n) is 3.38. The van der Waals surface area contributed by atoms with E-state index >= 15 is 0 Å². The number of sulfone groups is 1. The van der Waals surface area contributed by atoms with E-state index in [9.17, 15) is 8.42 Å². The van der Waals surface area contributed by atoms with Crippen LogP contribution in [0, 0.1) is 22.7 Å². The van der Waals surface area contributed by atoms with Crippen molar-refractivity contribution in [2.24, 2.45) is 0 Å². The molecule has 0 bridgehead atoms. The standard InChI is InChI=1S/C6H8N2.C4H8O2S/c7-5-3-1-2-4-6-8;5-7(6)3-1-2-4-7/h1-4H2;1-4H2. The van der Waals surface area contributed by atoms with E-state index in [2.05, 4.69) is 0 Å². The van der Waals surface area contributed by atoms with E-state index < -0.39 is 9.84 Å². The van der Waals surface area contributed by atoms with E-state index in [1.54, 1.807) is 0 Å². The van der Waals surface area contributed by atoms with Crippen molar-refractivity contribution >= 4 is 9.84 Å². The molecule has 0 saturated carbocycles. The minimum absolute atomic E-state index is 0.424. The van der Waals surface area contributed by atoms with Crippen LogP contribution in [0.25, 0.3) is 0 Å². The van der Waals surface area contributed by atoms with Gasteiger partial charge in [0.1, 0.15) is 9.84 Å². The van der Waals surface area contributed by atoms with Gasteiger partial charge in [-0.15, -0.1) is 0 Å². The first-order chi connectivity index (χ1) is 7.12. The van der Waals surface area contributed by atoms with Crippen molar-refractivity contribution in [3.05, 3.63) is 0 Å². The van der Waals surface area contributed by atoms with Crippen LogP contribution in [0.2, 0.25) is 0 Å². The molecule has 0 aromatic heterocycles. The highest BCUT2D eigenvalue weighted by atomic mass is 32.2. The van der Waals surface area contributed by atoms with Gasteiger partial charge >= 0.3 is 0 Å². The molecule has 1 aliphatic rings. The molecule has 0 N–H and O–H groups in total. The van der Waals surface area contributed by atoms with Crippen LogP contribution >= 0.6 is 0 Å².